The van der Waals surface area contributed by atoms with Gasteiger partial charge >= 0.3 is 11.9 Å². The summed E-state index contributed by atoms with van der Waals surface area (Å²) in [6, 6.07) is 11.3. The van der Waals surface area contributed by atoms with Gasteiger partial charge in [0.05, 0.1) is 40.9 Å². The molecule has 2 atom stereocenters. The van der Waals surface area contributed by atoms with Gasteiger partial charge in [0.15, 0.2) is 17.5 Å². The highest BCUT2D eigenvalue weighted by Gasteiger charge is 2.33. The number of methoxy groups -OCH3 is 3. The molecule has 0 saturated carbocycles. The Kier molecular flexibility index (Phi) is 9.08. The van der Waals surface area contributed by atoms with Gasteiger partial charge in [-0.25, -0.2) is 4.79 Å². The molecule has 9 nitrogen and oxygen atoms in total. The number of nitrogens with one attached hydrogen (secondary N) is 1. The third-order valence-electron chi connectivity index (χ3n) is 6.00. The molecule has 1 aliphatic rings. The summed E-state index contributed by atoms with van der Waals surface area (Å²) in [4.78, 5) is 39.8. The maximum absolute atomic E-state index is 13.1. The molecule has 0 spiro atoms. The molecule has 0 radical (unpaired) electrons. The number of hydrogen-bond acceptors (Lipinski definition) is 8. The molecule has 0 aromatic heterocycles. The fourth-order valence-corrected chi connectivity index (χ4v) is 4.32. The summed E-state index contributed by atoms with van der Waals surface area (Å²) in [5.41, 5.74) is 2.52. The molecular formula is C26H32N2O7. The van der Waals surface area contributed by atoms with Gasteiger partial charge < -0.3 is 24.3 Å². The van der Waals surface area contributed by atoms with Crippen LogP contribution in [0.4, 0.5) is 0 Å². The predicted octanol–water partition coefficient (Wildman–Crippen LogP) is 2.59. The van der Waals surface area contributed by atoms with E-state index in [0.29, 0.717) is 30.0 Å². The monoisotopic (exact) mass is 484 g/mol. The van der Waals surface area contributed by atoms with Crippen LogP contribution in [0, 0.1) is 0 Å². The largest absolute Gasteiger partial charge is 0.493 e. The fraction of sp³-hybridized carbons (Fsp3) is 0.423. The first-order valence-corrected chi connectivity index (χ1v) is 11.5. The minimum Gasteiger partial charge on any atom is -0.493 e. The summed E-state index contributed by atoms with van der Waals surface area (Å²) >= 11 is 0. The van der Waals surface area contributed by atoms with Crippen molar-refractivity contribution in [3.63, 3.8) is 0 Å². The van der Waals surface area contributed by atoms with E-state index >= 15 is 0 Å². The van der Waals surface area contributed by atoms with Crippen molar-refractivity contribution in [1.29, 1.82) is 0 Å². The number of nitrogens with zero attached hydrogens (tertiary/aromatic N) is 1. The number of fused-ring (bicyclic) bond motifs is 1. The van der Waals surface area contributed by atoms with Crippen molar-refractivity contribution in [3.05, 3.63) is 59.2 Å². The van der Waals surface area contributed by atoms with E-state index in [1.165, 1.54) is 7.11 Å². The fourth-order valence-electron chi connectivity index (χ4n) is 4.32. The molecular weight excluding hydrogens is 452 g/mol. The molecule has 1 amide bonds. The topological polar surface area (TPSA) is 103 Å². The third kappa shape index (κ3) is 6.30. The van der Waals surface area contributed by atoms with Crippen LogP contribution in [-0.4, -0.2) is 63.8 Å². The lowest BCUT2D eigenvalue weighted by atomic mass is 9.90. The van der Waals surface area contributed by atoms with Gasteiger partial charge in [-0.15, -0.1) is 0 Å². The van der Waals surface area contributed by atoms with Crippen LogP contribution in [0.15, 0.2) is 42.5 Å². The van der Waals surface area contributed by atoms with E-state index in [4.69, 9.17) is 18.9 Å². The number of hydrogen-bond donors (Lipinski definition) is 1. The zero-order valence-electron chi connectivity index (χ0n) is 20.5. The molecule has 0 saturated heterocycles. The van der Waals surface area contributed by atoms with Gasteiger partial charge in [-0.05, 0) is 42.2 Å². The maximum atomic E-state index is 13.1. The van der Waals surface area contributed by atoms with Crippen molar-refractivity contribution in [2.24, 2.45) is 0 Å². The number of amides is 1. The van der Waals surface area contributed by atoms with Crippen LogP contribution in [0.3, 0.4) is 0 Å². The normalized spacial score (nSPS) is 15.9. The van der Waals surface area contributed by atoms with Crippen molar-refractivity contribution in [2.75, 3.05) is 41.0 Å². The number of carbonyl (C=O) groups is 3. The molecule has 1 N–H and O–H groups in total. The minimum atomic E-state index is -0.932. The van der Waals surface area contributed by atoms with Crippen LogP contribution >= 0.6 is 0 Å². The van der Waals surface area contributed by atoms with E-state index in [0.717, 1.165) is 11.1 Å². The molecule has 0 aliphatic carbocycles. The van der Waals surface area contributed by atoms with E-state index in [-0.39, 0.29) is 31.4 Å². The average Bonchev–Trinajstić information content (AvgIpc) is 2.88. The van der Waals surface area contributed by atoms with E-state index < -0.39 is 18.1 Å². The van der Waals surface area contributed by atoms with Crippen LogP contribution < -0.4 is 14.8 Å². The van der Waals surface area contributed by atoms with Crippen molar-refractivity contribution < 1.29 is 33.3 Å². The summed E-state index contributed by atoms with van der Waals surface area (Å²) in [6.07, 6.45) is 0.726. The Morgan fingerprint density at radius 3 is 2.37 bits per heavy atom. The van der Waals surface area contributed by atoms with Crippen LogP contribution in [0.1, 0.15) is 42.1 Å². The first-order valence-electron chi connectivity index (χ1n) is 11.5. The standard InChI is InChI=1S/C26H32N2O7/c1-5-35-24(30)15-20-19-14-22(33-3)21(32-2)13-18(19)11-12-28(20)16-23(29)27-25(26(31)34-4)17-9-7-6-8-10-17/h6-10,13-14,20,25H,5,11-12,15-16H2,1-4H3,(H,27,29). The summed E-state index contributed by atoms with van der Waals surface area (Å²) in [5, 5.41) is 2.78. The van der Waals surface area contributed by atoms with Crippen molar-refractivity contribution in [3.8, 4) is 11.5 Å². The van der Waals surface area contributed by atoms with Gasteiger partial charge in [0.1, 0.15) is 0 Å². The Morgan fingerprint density at radius 2 is 1.74 bits per heavy atom. The van der Waals surface area contributed by atoms with E-state index in [1.54, 1.807) is 45.4 Å². The molecule has 2 aromatic carbocycles. The Labute approximate surface area is 205 Å². The van der Waals surface area contributed by atoms with Gasteiger partial charge in [-0.3, -0.25) is 14.5 Å². The van der Waals surface area contributed by atoms with E-state index in [9.17, 15) is 14.4 Å². The van der Waals surface area contributed by atoms with Gasteiger partial charge in [0.25, 0.3) is 0 Å². The molecule has 188 valence electrons. The van der Waals surface area contributed by atoms with Crippen molar-refractivity contribution in [1.82, 2.24) is 10.2 Å². The van der Waals surface area contributed by atoms with Crippen molar-refractivity contribution >= 4 is 17.8 Å². The van der Waals surface area contributed by atoms with Crippen LogP contribution in [-0.2, 0) is 30.3 Å². The number of benzene rings is 2. The number of ether oxygens (including phenoxy) is 4. The smallest absolute Gasteiger partial charge is 0.333 e. The van der Waals surface area contributed by atoms with Gasteiger partial charge in [-0.2, -0.15) is 0 Å². The third-order valence-corrected chi connectivity index (χ3v) is 6.00. The molecule has 3 rings (SSSR count). The lowest BCUT2D eigenvalue weighted by Gasteiger charge is -2.37. The second kappa shape index (κ2) is 12.2. The second-order valence-electron chi connectivity index (χ2n) is 8.09. The van der Waals surface area contributed by atoms with Crippen molar-refractivity contribution in [2.45, 2.75) is 31.8 Å². The summed E-state index contributed by atoms with van der Waals surface area (Å²) in [5.74, 6) is -0.130. The highest BCUT2D eigenvalue weighted by molar-refractivity contribution is 5.86. The molecule has 35 heavy (non-hydrogen) atoms. The minimum absolute atomic E-state index is 0.0157. The average molecular weight is 485 g/mol. The van der Waals surface area contributed by atoms with E-state index in [2.05, 4.69) is 5.32 Å². The van der Waals surface area contributed by atoms with Gasteiger partial charge in [0.2, 0.25) is 5.91 Å². The lowest BCUT2D eigenvalue weighted by molar-refractivity contribution is -0.145. The number of rotatable bonds is 10. The molecule has 2 unspecified atom stereocenters. The molecule has 1 heterocycles. The Hall–Kier alpha value is -3.59. The van der Waals surface area contributed by atoms with E-state index in [1.807, 2.05) is 23.1 Å². The molecule has 1 aliphatic heterocycles. The zero-order chi connectivity index (χ0) is 25.4. The zero-order valence-corrected chi connectivity index (χ0v) is 20.5. The quantitative estimate of drug-likeness (QED) is 0.514. The van der Waals surface area contributed by atoms with Crippen LogP contribution in [0.5, 0.6) is 11.5 Å². The predicted molar refractivity (Wildman–Crippen MR) is 128 cm³/mol. The number of esters is 2. The highest BCUT2D eigenvalue weighted by Crippen LogP contribution is 2.39. The number of carbonyl (C=O) groups excluding carboxylic acids is 3. The Morgan fingerprint density at radius 1 is 1.06 bits per heavy atom. The van der Waals surface area contributed by atoms with Gasteiger partial charge in [0, 0.05) is 12.6 Å². The van der Waals surface area contributed by atoms with Crippen LogP contribution in [0.2, 0.25) is 0 Å². The molecule has 0 fully saturated rings. The summed E-state index contributed by atoms with van der Waals surface area (Å²) in [6.45, 7) is 2.54. The summed E-state index contributed by atoms with van der Waals surface area (Å²) in [7, 11) is 4.41. The maximum Gasteiger partial charge on any atom is 0.333 e. The first-order chi connectivity index (χ1) is 16.9. The Bertz CT molecular complexity index is 1040. The second-order valence-corrected chi connectivity index (χ2v) is 8.09. The Balaban J connectivity index is 1.86. The summed E-state index contributed by atoms with van der Waals surface area (Å²) < 4.78 is 21.0. The molecule has 0 bridgehead atoms. The molecule has 9 heteroatoms. The SMILES string of the molecule is CCOC(=O)CC1c2cc(OC)c(OC)cc2CCN1CC(=O)NC(C(=O)OC)c1ccccc1. The molecule has 2 aromatic rings. The first kappa shape index (κ1) is 26.0. The lowest BCUT2D eigenvalue weighted by Crippen LogP contribution is -2.45. The van der Waals surface area contributed by atoms with Gasteiger partial charge in [-0.1, -0.05) is 30.3 Å². The highest BCUT2D eigenvalue weighted by atomic mass is 16.5. The van der Waals surface area contributed by atoms with Crippen LogP contribution in [0.25, 0.3) is 0 Å².